The molecule has 1 unspecified atom stereocenters. The van der Waals surface area contributed by atoms with Gasteiger partial charge in [-0.2, -0.15) is 4.68 Å². The molecule has 4 rings (SSSR count). The third kappa shape index (κ3) is 6.09. The Morgan fingerprint density at radius 1 is 1.23 bits per heavy atom. The molecule has 0 saturated carbocycles. The molecule has 12 nitrogen and oxygen atoms in total. The predicted molar refractivity (Wildman–Crippen MR) is 140 cm³/mol. The van der Waals surface area contributed by atoms with Crippen LogP contribution >= 0.6 is 0 Å². The first kappa shape index (κ1) is 27.0. The number of hydrogen-bond acceptors (Lipinski definition) is 8. The lowest BCUT2D eigenvalue weighted by Crippen LogP contribution is -2.27. The van der Waals surface area contributed by atoms with Crippen LogP contribution in [-0.4, -0.2) is 69.2 Å². The van der Waals surface area contributed by atoms with Gasteiger partial charge in [0.15, 0.2) is 24.0 Å². The minimum absolute atomic E-state index is 0.0851. The van der Waals surface area contributed by atoms with E-state index in [4.69, 9.17) is 20.6 Å². The summed E-state index contributed by atoms with van der Waals surface area (Å²) >= 11 is 0. The zero-order valence-electron chi connectivity index (χ0n) is 21.5. The standard InChI is InChI=1S/C26H27FN8O4/c1-34(2)22(36)14-39-20-12-17(38-3)11-18(23(20)27)19(10-15-4-6-16(7-5-15)24(28)29)25-32-26(37)35(33-25)21-13-30-8-9-31-21/h4-9,11-13,19H,10,14H2,1-3H3,(H3,28,29)(H,32,33,37). The summed E-state index contributed by atoms with van der Waals surface area (Å²) in [6.45, 7) is -0.383. The number of hydrogen-bond donors (Lipinski definition) is 3. The van der Waals surface area contributed by atoms with Gasteiger partial charge in [-0.15, -0.1) is 5.10 Å². The van der Waals surface area contributed by atoms with E-state index in [0.29, 0.717) is 5.56 Å². The van der Waals surface area contributed by atoms with Crippen LogP contribution in [0.2, 0.25) is 0 Å². The second-order valence-electron chi connectivity index (χ2n) is 8.76. The minimum Gasteiger partial charge on any atom is -0.497 e. The minimum atomic E-state index is -0.819. The van der Waals surface area contributed by atoms with Crippen LogP contribution in [0.25, 0.3) is 5.82 Å². The van der Waals surface area contributed by atoms with Crippen molar-refractivity contribution in [3.8, 4) is 17.3 Å². The van der Waals surface area contributed by atoms with Gasteiger partial charge < -0.3 is 20.1 Å². The molecule has 0 aliphatic heterocycles. The number of aromatic nitrogens is 5. The smallest absolute Gasteiger partial charge is 0.349 e. The number of nitrogen functional groups attached to an aromatic ring is 1. The van der Waals surface area contributed by atoms with Crippen molar-refractivity contribution in [1.82, 2.24) is 29.6 Å². The number of halogens is 1. The van der Waals surface area contributed by atoms with Gasteiger partial charge >= 0.3 is 5.69 Å². The van der Waals surface area contributed by atoms with Gasteiger partial charge in [-0.25, -0.2) is 14.2 Å². The molecular formula is C26H27FN8O4. The zero-order valence-corrected chi connectivity index (χ0v) is 21.5. The third-order valence-corrected chi connectivity index (χ3v) is 5.94. The van der Waals surface area contributed by atoms with Crippen molar-refractivity contribution in [3.63, 3.8) is 0 Å². The summed E-state index contributed by atoms with van der Waals surface area (Å²) < 4.78 is 27.9. The lowest BCUT2D eigenvalue weighted by molar-refractivity contribution is -0.130. The number of nitrogens with two attached hydrogens (primary N) is 1. The van der Waals surface area contributed by atoms with Gasteiger partial charge in [0, 0.05) is 43.7 Å². The first-order valence-electron chi connectivity index (χ1n) is 11.8. The van der Waals surface area contributed by atoms with Gasteiger partial charge in [0.2, 0.25) is 0 Å². The molecule has 0 spiro atoms. The molecule has 0 aliphatic carbocycles. The summed E-state index contributed by atoms with van der Waals surface area (Å²) in [5.41, 5.74) is 6.40. The predicted octanol–water partition coefficient (Wildman–Crippen LogP) is 1.62. The summed E-state index contributed by atoms with van der Waals surface area (Å²) in [7, 11) is 4.55. The fourth-order valence-corrected chi connectivity index (χ4v) is 3.80. The number of benzene rings is 2. The van der Waals surface area contributed by atoms with E-state index in [1.807, 2.05) is 0 Å². The van der Waals surface area contributed by atoms with Crippen molar-refractivity contribution in [1.29, 1.82) is 5.41 Å². The number of aromatic amines is 1. The Morgan fingerprint density at radius 3 is 2.59 bits per heavy atom. The average Bonchev–Trinajstić information content (AvgIpc) is 3.32. The van der Waals surface area contributed by atoms with E-state index >= 15 is 4.39 Å². The first-order chi connectivity index (χ1) is 18.7. The van der Waals surface area contributed by atoms with Gasteiger partial charge in [0.05, 0.1) is 19.2 Å². The van der Waals surface area contributed by atoms with E-state index in [1.165, 1.54) is 42.7 Å². The summed E-state index contributed by atoms with van der Waals surface area (Å²) in [5, 5.41) is 12.0. The molecule has 2 aromatic carbocycles. The number of methoxy groups -OCH3 is 1. The van der Waals surface area contributed by atoms with Gasteiger partial charge in [0.1, 0.15) is 17.4 Å². The van der Waals surface area contributed by atoms with Crippen LogP contribution in [0.15, 0.2) is 59.8 Å². The highest BCUT2D eigenvalue weighted by Crippen LogP contribution is 2.36. The van der Waals surface area contributed by atoms with Crippen LogP contribution in [0.4, 0.5) is 4.39 Å². The van der Waals surface area contributed by atoms with Crippen LogP contribution in [-0.2, 0) is 11.2 Å². The Balaban J connectivity index is 1.82. The Kier molecular flexibility index (Phi) is 7.98. The third-order valence-electron chi connectivity index (χ3n) is 5.94. The molecule has 0 radical (unpaired) electrons. The highest BCUT2D eigenvalue weighted by Gasteiger charge is 2.27. The molecule has 4 N–H and O–H groups in total. The fourth-order valence-electron chi connectivity index (χ4n) is 3.80. The Hall–Kier alpha value is -5.07. The highest BCUT2D eigenvalue weighted by molar-refractivity contribution is 5.94. The van der Waals surface area contributed by atoms with Crippen molar-refractivity contribution in [3.05, 3.63) is 93.8 Å². The maximum atomic E-state index is 16.0. The molecule has 13 heteroatoms. The number of carbonyl (C=O) groups excluding carboxylic acids is 1. The van der Waals surface area contributed by atoms with E-state index in [1.54, 1.807) is 38.4 Å². The summed E-state index contributed by atoms with van der Waals surface area (Å²) in [4.78, 5) is 37.0. The normalized spacial score (nSPS) is 11.6. The fraction of sp³-hybridized carbons (Fsp3) is 0.231. The molecule has 0 saturated heterocycles. The molecule has 1 amide bonds. The maximum Gasteiger partial charge on any atom is 0.349 e. The number of amidine groups is 1. The highest BCUT2D eigenvalue weighted by atomic mass is 19.1. The molecule has 0 fully saturated rings. The largest absolute Gasteiger partial charge is 0.497 e. The summed E-state index contributed by atoms with van der Waals surface area (Å²) in [6.07, 6.45) is 4.46. The van der Waals surface area contributed by atoms with Crippen LogP contribution in [0, 0.1) is 11.2 Å². The second kappa shape index (κ2) is 11.5. The summed E-state index contributed by atoms with van der Waals surface area (Å²) in [5.74, 6) is -1.55. The molecule has 39 heavy (non-hydrogen) atoms. The second-order valence-corrected chi connectivity index (χ2v) is 8.76. The van der Waals surface area contributed by atoms with Crippen LogP contribution < -0.4 is 20.9 Å². The number of ether oxygens (including phenoxy) is 2. The topological polar surface area (TPSA) is 165 Å². The van der Waals surface area contributed by atoms with E-state index in [2.05, 4.69) is 20.1 Å². The molecule has 2 heterocycles. The number of amides is 1. The quantitative estimate of drug-likeness (QED) is 0.204. The van der Waals surface area contributed by atoms with Gasteiger partial charge in [-0.3, -0.25) is 20.2 Å². The molecule has 1 atom stereocenters. The number of nitrogens with one attached hydrogen (secondary N) is 2. The number of likely N-dealkylation sites (N-methyl/N-ethyl adjacent to an activating group) is 1. The van der Waals surface area contributed by atoms with Crippen molar-refractivity contribution in [2.24, 2.45) is 5.73 Å². The molecule has 2 aromatic heterocycles. The number of carbonyl (C=O) groups is 1. The van der Waals surface area contributed by atoms with Crippen LogP contribution in [0.3, 0.4) is 0 Å². The molecule has 4 aromatic rings. The lowest BCUT2D eigenvalue weighted by Gasteiger charge is -2.19. The van der Waals surface area contributed by atoms with Gasteiger partial charge in [0.25, 0.3) is 5.91 Å². The van der Waals surface area contributed by atoms with E-state index in [9.17, 15) is 9.59 Å². The Labute approximate surface area is 222 Å². The van der Waals surface area contributed by atoms with Gasteiger partial charge in [-0.05, 0) is 18.1 Å². The molecule has 0 aliphatic rings. The van der Waals surface area contributed by atoms with Crippen LogP contribution in [0.1, 0.15) is 28.4 Å². The van der Waals surface area contributed by atoms with Crippen molar-refractivity contribution >= 4 is 11.7 Å². The maximum absolute atomic E-state index is 16.0. The van der Waals surface area contributed by atoms with Crippen molar-refractivity contribution in [2.75, 3.05) is 27.8 Å². The number of rotatable bonds is 10. The molecule has 0 bridgehead atoms. The molecule has 202 valence electrons. The van der Waals surface area contributed by atoms with Crippen molar-refractivity contribution < 1.29 is 18.7 Å². The monoisotopic (exact) mass is 534 g/mol. The zero-order chi connectivity index (χ0) is 28.1. The van der Waals surface area contributed by atoms with E-state index in [0.717, 1.165) is 10.2 Å². The van der Waals surface area contributed by atoms with Crippen molar-refractivity contribution in [2.45, 2.75) is 12.3 Å². The average molecular weight is 535 g/mol. The van der Waals surface area contributed by atoms with Gasteiger partial charge in [-0.1, -0.05) is 24.3 Å². The molecular weight excluding hydrogens is 507 g/mol. The number of H-pyrrole nitrogens is 1. The summed E-state index contributed by atoms with van der Waals surface area (Å²) in [6, 6.07) is 9.71. The first-order valence-corrected chi connectivity index (χ1v) is 11.8. The number of nitrogens with zero attached hydrogens (tertiary/aromatic N) is 5. The lowest BCUT2D eigenvalue weighted by atomic mass is 9.90. The SMILES string of the molecule is COc1cc(OCC(=O)N(C)C)c(F)c(C(Cc2ccc(C(=N)N)cc2)c2nn(-c3cnccn3)c(=O)[nH]2)c1. The van der Waals surface area contributed by atoms with E-state index in [-0.39, 0.29) is 53.5 Å². The van der Waals surface area contributed by atoms with E-state index < -0.39 is 17.4 Å². The Bertz CT molecular complexity index is 1530. The van der Waals surface area contributed by atoms with Crippen LogP contribution in [0.5, 0.6) is 11.5 Å². The Morgan fingerprint density at radius 2 is 1.97 bits per heavy atom.